The van der Waals surface area contributed by atoms with Crippen LogP contribution in [0.3, 0.4) is 0 Å². The van der Waals surface area contributed by atoms with Gasteiger partial charge in [-0.3, -0.25) is 0 Å². The van der Waals surface area contributed by atoms with Gasteiger partial charge in [-0.25, -0.2) is 4.39 Å². The van der Waals surface area contributed by atoms with Crippen molar-refractivity contribution >= 4 is 11.3 Å². The molecule has 196 valence electrons. The number of aryl methyl sites for hydroxylation is 1. The van der Waals surface area contributed by atoms with Crippen LogP contribution in [-0.4, -0.2) is 12.6 Å². The summed E-state index contributed by atoms with van der Waals surface area (Å²) in [5, 5.41) is 3.62. The van der Waals surface area contributed by atoms with Crippen LogP contribution in [0.1, 0.15) is 43.2 Å². The van der Waals surface area contributed by atoms with Crippen LogP contribution in [0.15, 0.2) is 77.4 Å². The molecule has 0 saturated carbocycles. The summed E-state index contributed by atoms with van der Waals surface area (Å²) < 4.78 is 37.3. The highest BCUT2D eigenvalue weighted by Crippen LogP contribution is 2.43. The molecule has 0 fully saturated rings. The molecule has 0 atom stereocenters. The molecular weight excluding hydrogens is 481 g/mol. The second-order valence-corrected chi connectivity index (χ2v) is 10.1. The van der Waals surface area contributed by atoms with Gasteiger partial charge < -0.3 is 23.9 Å². The van der Waals surface area contributed by atoms with Crippen LogP contribution < -0.4 is 19.5 Å². The van der Waals surface area contributed by atoms with Crippen molar-refractivity contribution in [1.82, 2.24) is 0 Å². The number of anilines is 1. The van der Waals surface area contributed by atoms with E-state index in [1.165, 1.54) is 12.1 Å². The third-order valence-electron chi connectivity index (χ3n) is 6.69. The number of fused-ring (bicyclic) bond motifs is 1. The van der Waals surface area contributed by atoms with Gasteiger partial charge >= 0.3 is 0 Å². The number of rotatable bonds is 8. The number of allylic oxidation sites excluding steroid dienone is 1. The molecule has 0 spiro atoms. The average Bonchev–Trinajstić information content (AvgIpc) is 3.40. The van der Waals surface area contributed by atoms with Crippen molar-refractivity contribution < 1.29 is 23.0 Å². The van der Waals surface area contributed by atoms with E-state index in [0.29, 0.717) is 23.9 Å². The van der Waals surface area contributed by atoms with Crippen molar-refractivity contribution in [3.63, 3.8) is 0 Å². The SMILES string of the molecule is COc1cc(OCc2ccco2)ccc1-c1ccc2c(c1COc1cc(F)ccc1C)C(C)=CC(C)(C)N2. The smallest absolute Gasteiger partial charge is 0.146 e. The number of hydrogen-bond acceptors (Lipinski definition) is 5. The van der Waals surface area contributed by atoms with Crippen LogP contribution in [0.25, 0.3) is 16.7 Å². The number of benzene rings is 3. The Morgan fingerprint density at radius 3 is 2.47 bits per heavy atom. The van der Waals surface area contributed by atoms with E-state index < -0.39 is 0 Å². The number of hydrogen-bond donors (Lipinski definition) is 1. The quantitative estimate of drug-likeness (QED) is 0.258. The fourth-order valence-electron chi connectivity index (χ4n) is 5.01. The molecule has 1 aliphatic heterocycles. The van der Waals surface area contributed by atoms with E-state index in [2.05, 4.69) is 44.3 Å². The van der Waals surface area contributed by atoms with E-state index >= 15 is 0 Å². The Labute approximate surface area is 222 Å². The molecule has 1 N–H and O–H groups in total. The maximum atomic E-state index is 14.0. The van der Waals surface area contributed by atoms with E-state index in [4.69, 9.17) is 18.6 Å². The summed E-state index contributed by atoms with van der Waals surface area (Å²) in [6.07, 6.45) is 3.85. The van der Waals surface area contributed by atoms with Gasteiger partial charge in [-0.05, 0) is 80.8 Å². The predicted molar refractivity (Wildman–Crippen MR) is 148 cm³/mol. The van der Waals surface area contributed by atoms with Crippen molar-refractivity contribution in [3.8, 4) is 28.4 Å². The summed E-state index contributed by atoms with van der Waals surface area (Å²) in [7, 11) is 1.65. The Hall–Kier alpha value is -4.19. The Kier molecular flexibility index (Phi) is 6.89. The molecule has 1 aromatic heterocycles. The zero-order valence-electron chi connectivity index (χ0n) is 22.4. The third kappa shape index (κ3) is 5.25. The van der Waals surface area contributed by atoms with Crippen LogP contribution in [0.2, 0.25) is 0 Å². The Morgan fingerprint density at radius 2 is 1.71 bits per heavy atom. The normalized spacial score (nSPS) is 13.8. The molecule has 0 bridgehead atoms. The van der Waals surface area contributed by atoms with Gasteiger partial charge in [0.05, 0.1) is 18.9 Å². The number of ether oxygens (including phenoxy) is 3. The summed E-state index contributed by atoms with van der Waals surface area (Å²) in [6.45, 7) is 8.90. The average molecular weight is 514 g/mol. The maximum Gasteiger partial charge on any atom is 0.146 e. The minimum absolute atomic E-state index is 0.180. The van der Waals surface area contributed by atoms with Gasteiger partial charge in [0, 0.05) is 34.5 Å². The van der Waals surface area contributed by atoms with Crippen LogP contribution in [0.5, 0.6) is 17.2 Å². The van der Waals surface area contributed by atoms with E-state index in [1.807, 2.05) is 37.3 Å². The van der Waals surface area contributed by atoms with Crippen LogP contribution in [0.4, 0.5) is 10.1 Å². The Morgan fingerprint density at radius 1 is 0.895 bits per heavy atom. The maximum absolute atomic E-state index is 14.0. The summed E-state index contributed by atoms with van der Waals surface area (Å²) in [5.74, 6) is 2.29. The first kappa shape index (κ1) is 25.5. The van der Waals surface area contributed by atoms with Crippen LogP contribution in [0, 0.1) is 12.7 Å². The fraction of sp³-hybridized carbons (Fsp3) is 0.250. The second kappa shape index (κ2) is 10.3. The monoisotopic (exact) mass is 513 g/mol. The van der Waals surface area contributed by atoms with E-state index in [-0.39, 0.29) is 18.0 Å². The van der Waals surface area contributed by atoms with Crippen molar-refractivity contribution in [2.24, 2.45) is 0 Å². The van der Waals surface area contributed by atoms with E-state index in [0.717, 1.165) is 44.8 Å². The number of furan rings is 1. The molecule has 6 heteroatoms. The van der Waals surface area contributed by atoms with Crippen molar-refractivity contribution in [3.05, 3.63) is 101 Å². The number of nitrogens with one attached hydrogen (secondary N) is 1. The van der Waals surface area contributed by atoms with Gasteiger partial charge in [0.1, 0.15) is 42.0 Å². The van der Waals surface area contributed by atoms with Crippen molar-refractivity contribution in [1.29, 1.82) is 0 Å². The lowest BCUT2D eigenvalue weighted by atomic mass is 9.85. The molecule has 1 aliphatic rings. The van der Waals surface area contributed by atoms with Gasteiger partial charge in [0.2, 0.25) is 0 Å². The highest BCUT2D eigenvalue weighted by molar-refractivity contribution is 5.88. The zero-order chi connectivity index (χ0) is 26.9. The molecule has 0 radical (unpaired) electrons. The Balaban J connectivity index is 1.56. The standard InChI is InChI=1S/C32H32FNO4/c1-20-8-9-22(33)15-29(20)38-19-27-25(12-13-28-31(27)21(2)17-32(3,4)34-28)26-11-10-23(16-30(26)35-5)37-18-24-7-6-14-36-24/h6-17,34H,18-19H2,1-5H3. The molecule has 0 amide bonds. The molecule has 0 unspecified atom stereocenters. The van der Waals surface area contributed by atoms with Gasteiger partial charge in [0.15, 0.2) is 0 Å². The molecule has 0 saturated heterocycles. The van der Waals surface area contributed by atoms with Gasteiger partial charge in [-0.2, -0.15) is 0 Å². The largest absolute Gasteiger partial charge is 0.496 e. The minimum Gasteiger partial charge on any atom is -0.496 e. The lowest BCUT2D eigenvalue weighted by Gasteiger charge is -2.33. The number of halogens is 1. The summed E-state index contributed by atoms with van der Waals surface area (Å²) in [5.41, 5.74) is 6.83. The first-order chi connectivity index (χ1) is 18.2. The molecule has 0 aliphatic carbocycles. The van der Waals surface area contributed by atoms with E-state index in [1.54, 1.807) is 19.4 Å². The first-order valence-electron chi connectivity index (χ1n) is 12.6. The summed E-state index contributed by atoms with van der Waals surface area (Å²) >= 11 is 0. The van der Waals surface area contributed by atoms with Gasteiger partial charge in [-0.1, -0.05) is 18.2 Å². The molecule has 3 aromatic carbocycles. The summed E-state index contributed by atoms with van der Waals surface area (Å²) in [6, 6.07) is 18.3. The molecule has 5 rings (SSSR count). The van der Waals surface area contributed by atoms with E-state index in [9.17, 15) is 4.39 Å². The second-order valence-electron chi connectivity index (χ2n) is 10.1. The molecule has 4 aromatic rings. The predicted octanol–water partition coefficient (Wildman–Crippen LogP) is 8.17. The van der Waals surface area contributed by atoms with Crippen LogP contribution >= 0.6 is 0 Å². The Bertz CT molecular complexity index is 1490. The highest BCUT2D eigenvalue weighted by Gasteiger charge is 2.27. The highest BCUT2D eigenvalue weighted by atomic mass is 19.1. The first-order valence-corrected chi connectivity index (χ1v) is 12.6. The van der Waals surface area contributed by atoms with Gasteiger partial charge in [-0.15, -0.1) is 0 Å². The van der Waals surface area contributed by atoms with Gasteiger partial charge in [0.25, 0.3) is 0 Å². The lowest BCUT2D eigenvalue weighted by Crippen LogP contribution is -2.32. The van der Waals surface area contributed by atoms with Crippen molar-refractivity contribution in [2.45, 2.75) is 46.4 Å². The molecule has 2 heterocycles. The van der Waals surface area contributed by atoms with Crippen molar-refractivity contribution in [2.75, 3.05) is 12.4 Å². The summed E-state index contributed by atoms with van der Waals surface area (Å²) in [4.78, 5) is 0. The number of methoxy groups -OCH3 is 1. The molecule has 38 heavy (non-hydrogen) atoms. The fourth-order valence-corrected chi connectivity index (χ4v) is 5.01. The minimum atomic E-state index is -0.327. The zero-order valence-corrected chi connectivity index (χ0v) is 22.4. The third-order valence-corrected chi connectivity index (χ3v) is 6.69. The molecular formula is C32H32FNO4. The van der Waals surface area contributed by atoms with Crippen LogP contribution in [-0.2, 0) is 13.2 Å². The lowest BCUT2D eigenvalue weighted by molar-refractivity contribution is 0.269. The molecule has 5 nitrogen and oxygen atoms in total. The topological polar surface area (TPSA) is 52.9 Å².